The Balaban J connectivity index is 1.45. The molecule has 1 N–H and O–H groups in total. The number of rotatable bonds is 5. The molecule has 1 aromatic carbocycles. The van der Waals surface area contributed by atoms with Crippen LogP contribution in [0.3, 0.4) is 0 Å². The van der Waals surface area contributed by atoms with Gasteiger partial charge in [-0.05, 0) is 56.5 Å². The molecular formula is C21H24N6O. The maximum Gasteiger partial charge on any atom is 0.251 e. The minimum absolute atomic E-state index is 0.134. The van der Waals surface area contributed by atoms with Gasteiger partial charge in [0.1, 0.15) is 0 Å². The lowest BCUT2D eigenvalue weighted by atomic mass is 10.1. The number of piperidine rings is 1. The van der Waals surface area contributed by atoms with Crippen LogP contribution in [0.4, 0.5) is 5.95 Å². The highest BCUT2D eigenvalue weighted by molar-refractivity contribution is 5.94. The summed E-state index contributed by atoms with van der Waals surface area (Å²) in [5.74, 6) is 0.634. The molecule has 0 aliphatic carbocycles. The summed E-state index contributed by atoms with van der Waals surface area (Å²) in [5, 5.41) is 7.18. The largest absolute Gasteiger partial charge is 0.346 e. The van der Waals surface area contributed by atoms with Crippen LogP contribution in [0, 0.1) is 6.92 Å². The van der Waals surface area contributed by atoms with Crippen molar-refractivity contribution in [2.45, 2.75) is 32.7 Å². The van der Waals surface area contributed by atoms with Crippen molar-refractivity contribution in [3.63, 3.8) is 0 Å². The number of hydrogen-bond acceptors (Lipinski definition) is 5. The molecular weight excluding hydrogens is 352 g/mol. The number of aryl methyl sites for hydroxylation is 1. The first-order valence-electron chi connectivity index (χ1n) is 9.67. The van der Waals surface area contributed by atoms with Crippen LogP contribution in [0.1, 0.15) is 41.0 Å². The molecule has 1 aliphatic rings. The number of hydrogen-bond donors (Lipinski definition) is 1. The molecule has 1 amide bonds. The van der Waals surface area contributed by atoms with E-state index in [1.165, 1.54) is 19.3 Å². The monoisotopic (exact) mass is 376 g/mol. The number of nitrogens with zero attached hydrogens (tertiary/aromatic N) is 5. The average Bonchev–Trinajstić information content (AvgIpc) is 3.27. The van der Waals surface area contributed by atoms with Gasteiger partial charge in [0.25, 0.3) is 5.91 Å². The molecule has 0 bridgehead atoms. The Labute approximate surface area is 164 Å². The summed E-state index contributed by atoms with van der Waals surface area (Å²) in [5.41, 5.74) is 3.18. The van der Waals surface area contributed by atoms with Crippen LogP contribution in [0.5, 0.6) is 0 Å². The molecule has 0 spiro atoms. The Hall–Kier alpha value is -3.22. The second kappa shape index (κ2) is 8.21. The molecule has 3 aromatic rings. The van der Waals surface area contributed by atoms with Gasteiger partial charge in [-0.15, -0.1) is 0 Å². The topological polar surface area (TPSA) is 75.9 Å². The van der Waals surface area contributed by atoms with Gasteiger partial charge in [0.2, 0.25) is 5.95 Å². The maximum atomic E-state index is 12.6. The summed E-state index contributed by atoms with van der Waals surface area (Å²) >= 11 is 0. The third kappa shape index (κ3) is 4.19. The molecule has 0 atom stereocenters. The van der Waals surface area contributed by atoms with E-state index in [1.807, 2.05) is 43.5 Å². The lowest BCUT2D eigenvalue weighted by molar-refractivity contribution is 0.0950. The van der Waals surface area contributed by atoms with Gasteiger partial charge in [-0.1, -0.05) is 6.07 Å². The SMILES string of the molecule is Cc1cc(CNC(=O)c2cccc(-n3cccn3)c2)nc(N2CCCCC2)n1. The normalized spacial score (nSPS) is 14.1. The smallest absolute Gasteiger partial charge is 0.251 e. The molecule has 1 fully saturated rings. The Morgan fingerprint density at radius 2 is 1.96 bits per heavy atom. The van der Waals surface area contributed by atoms with Crippen molar-refractivity contribution in [1.82, 2.24) is 25.1 Å². The molecule has 7 nitrogen and oxygen atoms in total. The van der Waals surface area contributed by atoms with E-state index in [9.17, 15) is 4.79 Å². The summed E-state index contributed by atoms with van der Waals surface area (Å²) < 4.78 is 1.73. The predicted octanol–water partition coefficient (Wildman–Crippen LogP) is 2.89. The van der Waals surface area contributed by atoms with E-state index in [1.54, 1.807) is 16.9 Å². The van der Waals surface area contributed by atoms with Crippen molar-refractivity contribution in [3.05, 3.63) is 65.7 Å². The molecule has 7 heteroatoms. The molecule has 4 rings (SSSR count). The van der Waals surface area contributed by atoms with E-state index in [4.69, 9.17) is 0 Å². The number of amides is 1. The van der Waals surface area contributed by atoms with Crippen molar-refractivity contribution >= 4 is 11.9 Å². The van der Waals surface area contributed by atoms with E-state index in [2.05, 4.69) is 25.3 Å². The molecule has 144 valence electrons. The number of carbonyl (C=O) groups is 1. The van der Waals surface area contributed by atoms with Crippen molar-refractivity contribution in [1.29, 1.82) is 0 Å². The van der Waals surface area contributed by atoms with Crippen molar-refractivity contribution in [3.8, 4) is 5.69 Å². The zero-order valence-electron chi connectivity index (χ0n) is 16.0. The molecule has 0 radical (unpaired) electrons. The van der Waals surface area contributed by atoms with Crippen molar-refractivity contribution < 1.29 is 4.79 Å². The second-order valence-electron chi connectivity index (χ2n) is 7.03. The van der Waals surface area contributed by atoms with Gasteiger partial charge >= 0.3 is 0 Å². The zero-order valence-corrected chi connectivity index (χ0v) is 16.0. The Kier molecular flexibility index (Phi) is 5.32. The number of aromatic nitrogens is 4. The zero-order chi connectivity index (χ0) is 19.3. The van der Waals surface area contributed by atoms with Crippen molar-refractivity contribution in [2.24, 2.45) is 0 Å². The minimum atomic E-state index is -0.134. The number of carbonyl (C=O) groups excluding carboxylic acids is 1. The fraction of sp³-hybridized carbons (Fsp3) is 0.333. The lowest BCUT2D eigenvalue weighted by Gasteiger charge is -2.27. The summed E-state index contributed by atoms with van der Waals surface area (Å²) in [6, 6.07) is 11.2. The molecule has 0 unspecified atom stereocenters. The molecule has 1 saturated heterocycles. The lowest BCUT2D eigenvalue weighted by Crippen LogP contribution is -2.32. The van der Waals surface area contributed by atoms with E-state index >= 15 is 0 Å². The van der Waals surface area contributed by atoms with Gasteiger partial charge < -0.3 is 10.2 Å². The fourth-order valence-corrected chi connectivity index (χ4v) is 3.43. The predicted molar refractivity (Wildman–Crippen MR) is 108 cm³/mol. The Morgan fingerprint density at radius 3 is 2.75 bits per heavy atom. The quantitative estimate of drug-likeness (QED) is 0.741. The maximum absolute atomic E-state index is 12.6. The third-order valence-corrected chi connectivity index (χ3v) is 4.84. The van der Waals surface area contributed by atoms with Crippen LogP contribution in [-0.4, -0.2) is 38.7 Å². The second-order valence-corrected chi connectivity index (χ2v) is 7.03. The fourth-order valence-electron chi connectivity index (χ4n) is 3.43. The third-order valence-electron chi connectivity index (χ3n) is 4.84. The summed E-state index contributed by atoms with van der Waals surface area (Å²) in [4.78, 5) is 24.1. The highest BCUT2D eigenvalue weighted by Gasteiger charge is 2.15. The Bertz CT molecular complexity index is 947. The molecule has 3 heterocycles. The van der Waals surface area contributed by atoms with E-state index in [0.29, 0.717) is 12.1 Å². The van der Waals surface area contributed by atoms with Crippen LogP contribution in [0.2, 0.25) is 0 Å². The van der Waals surface area contributed by atoms with Gasteiger partial charge in [-0.3, -0.25) is 4.79 Å². The average molecular weight is 376 g/mol. The van der Waals surface area contributed by atoms with Crippen LogP contribution < -0.4 is 10.2 Å². The highest BCUT2D eigenvalue weighted by atomic mass is 16.1. The van der Waals surface area contributed by atoms with Gasteiger partial charge in [0, 0.05) is 36.7 Å². The van der Waals surface area contributed by atoms with E-state index in [0.717, 1.165) is 36.1 Å². The van der Waals surface area contributed by atoms with Crippen molar-refractivity contribution in [2.75, 3.05) is 18.0 Å². The first-order chi connectivity index (χ1) is 13.7. The van der Waals surface area contributed by atoms with Crippen LogP contribution in [0.25, 0.3) is 5.69 Å². The molecule has 2 aromatic heterocycles. The number of benzene rings is 1. The first-order valence-corrected chi connectivity index (χ1v) is 9.67. The minimum Gasteiger partial charge on any atom is -0.346 e. The standard InChI is InChI=1S/C21H24N6O/c1-16-13-18(25-21(24-16)26-10-3-2-4-11-26)15-22-20(28)17-7-5-8-19(14-17)27-12-6-9-23-27/h5-9,12-14H,2-4,10-11,15H2,1H3,(H,22,28). The highest BCUT2D eigenvalue weighted by Crippen LogP contribution is 2.17. The van der Waals surface area contributed by atoms with Crippen LogP contribution in [-0.2, 0) is 6.54 Å². The van der Waals surface area contributed by atoms with Crippen LogP contribution >= 0.6 is 0 Å². The molecule has 1 aliphatic heterocycles. The van der Waals surface area contributed by atoms with Crippen LogP contribution in [0.15, 0.2) is 48.8 Å². The Morgan fingerprint density at radius 1 is 1.11 bits per heavy atom. The molecule has 0 saturated carbocycles. The summed E-state index contributed by atoms with van der Waals surface area (Å²) in [7, 11) is 0. The van der Waals surface area contributed by atoms with Gasteiger partial charge in [-0.2, -0.15) is 5.10 Å². The van der Waals surface area contributed by atoms with Gasteiger partial charge in [-0.25, -0.2) is 14.6 Å². The molecule has 28 heavy (non-hydrogen) atoms. The van der Waals surface area contributed by atoms with Gasteiger partial charge in [0.15, 0.2) is 0 Å². The van der Waals surface area contributed by atoms with E-state index < -0.39 is 0 Å². The van der Waals surface area contributed by atoms with E-state index in [-0.39, 0.29) is 5.91 Å². The summed E-state index contributed by atoms with van der Waals surface area (Å²) in [6.45, 7) is 4.33. The summed E-state index contributed by atoms with van der Waals surface area (Å²) in [6.07, 6.45) is 7.18. The van der Waals surface area contributed by atoms with Gasteiger partial charge in [0.05, 0.1) is 17.9 Å². The first kappa shape index (κ1) is 18.2. The number of nitrogens with one attached hydrogen (secondary N) is 1. The number of anilines is 1.